The Morgan fingerprint density at radius 1 is 1.15 bits per heavy atom. The van der Waals surface area contributed by atoms with Crippen LogP contribution in [-0.2, 0) is 0 Å². The van der Waals surface area contributed by atoms with Gasteiger partial charge in [0.15, 0.2) is 0 Å². The van der Waals surface area contributed by atoms with Gasteiger partial charge in [-0.25, -0.2) is 0 Å². The van der Waals surface area contributed by atoms with Crippen LogP contribution in [0.3, 0.4) is 0 Å². The predicted octanol–water partition coefficient (Wildman–Crippen LogP) is 1.55. The van der Waals surface area contributed by atoms with Crippen molar-refractivity contribution in [1.82, 2.24) is 9.80 Å². The highest BCUT2D eigenvalue weighted by atomic mass is 16.2. The largest absolute Gasteiger partial charge is 0.382 e. The SMILES string of the molecule is CN(C)CCCN(C)C(=O)c1cccc2c1NCCN2. The van der Waals surface area contributed by atoms with Crippen LogP contribution in [0.2, 0.25) is 0 Å². The summed E-state index contributed by atoms with van der Waals surface area (Å²) < 4.78 is 0. The third-order valence-corrected chi connectivity index (χ3v) is 3.48. The van der Waals surface area contributed by atoms with Crippen LogP contribution in [0.1, 0.15) is 16.8 Å². The first-order valence-electron chi connectivity index (χ1n) is 7.10. The van der Waals surface area contributed by atoms with E-state index in [1.165, 1.54) is 0 Å². The van der Waals surface area contributed by atoms with Crippen molar-refractivity contribution in [1.29, 1.82) is 0 Å². The second kappa shape index (κ2) is 6.61. The maximum Gasteiger partial charge on any atom is 0.255 e. The molecule has 2 N–H and O–H groups in total. The van der Waals surface area contributed by atoms with Gasteiger partial charge in [0, 0.05) is 26.7 Å². The summed E-state index contributed by atoms with van der Waals surface area (Å²) in [6, 6.07) is 5.83. The second-order valence-electron chi connectivity index (χ2n) is 5.47. The van der Waals surface area contributed by atoms with Crippen molar-refractivity contribution in [3.63, 3.8) is 0 Å². The minimum absolute atomic E-state index is 0.0804. The van der Waals surface area contributed by atoms with Crippen molar-refractivity contribution in [2.24, 2.45) is 0 Å². The molecule has 1 aliphatic rings. The third kappa shape index (κ3) is 3.42. The van der Waals surface area contributed by atoms with Crippen LogP contribution in [0, 0.1) is 0 Å². The van der Waals surface area contributed by atoms with Crippen LogP contribution in [0.4, 0.5) is 11.4 Å². The summed E-state index contributed by atoms with van der Waals surface area (Å²) in [5.41, 5.74) is 2.70. The highest BCUT2D eigenvalue weighted by molar-refractivity contribution is 6.02. The zero-order chi connectivity index (χ0) is 14.5. The van der Waals surface area contributed by atoms with E-state index in [2.05, 4.69) is 15.5 Å². The van der Waals surface area contributed by atoms with Crippen LogP contribution in [0.25, 0.3) is 0 Å². The van der Waals surface area contributed by atoms with Gasteiger partial charge in [-0.05, 0) is 39.2 Å². The van der Waals surface area contributed by atoms with Crippen molar-refractivity contribution < 1.29 is 4.79 Å². The lowest BCUT2D eigenvalue weighted by Gasteiger charge is -2.25. The number of nitrogens with one attached hydrogen (secondary N) is 2. The molecule has 0 bridgehead atoms. The zero-order valence-electron chi connectivity index (χ0n) is 12.6. The fraction of sp³-hybridized carbons (Fsp3) is 0.533. The minimum Gasteiger partial charge on any atom is -0.382 e. The molecule has 0 saturated carbocycles. The van der Waals surface area contributed by atoms with E-state index >= 15 is 0 Å². The van der Waals surface area contributed by atoms with Crippen LogP contribution in [0.5, 0.6) is 0 Å². The average molecular weight is 276 g/mol. The normalized spacial score (nSPS) is 13.4. The van der Waals surface area contributed by atoms with Gasteiger partial charge in [-0.15, -0.1) is 0 Å². The maximum absolute atomic E-state index is 12.5. The Kier molecular flexibility index (Phi) is 4.84. The zero-order valence-corrected chi connectivity index (χ0v) is 12.6. The molecule has 0 radical (unpaired) electrons. The Bertz CT molecular complexity index is 473. The predicted molar refractivity (Wildman–Crippen MR) is 83.6 cm³/mol. The molecule has 1 amide bonds. The molecule has 0 fully saturated rings. The molecule has 1 aromatic rings. The van der Waals surface area contributed by atoms with Crippen molar-refractivity contribution in [3.8, 4) is 0 Å². The van der Waals surface area contributed by atoms with E-state index in [0.29, 0.717) is 0 Å². The molecular weight excluding hydrogens is 252 g/mol. The Hall–Kier alpha value is -1.75. The van der Waals surface area contributed by atoms with Gasteiger partial charge in [-0.1, -0.05) is 6.07 Å². The molecule has 5 nitrogen and oxygen atoms in total. The second-order valence-corrected chi connectivity index (χ2v) is 5.47. The summed E-state index contributed by atoms with van der Waals surface area (Å²) in [5.74, 6) is 0.0804. The topological polar surface area (TPSA) is 47.6 Å². The summed E-state index contributed by atoms with van der Waals surface area (Å²) in [6.07, 6.45) is 0.982. The van der Waals surface area contributed by atoms with Gasteiger partial charge in [0.05, 0.1) is 16.9 Å². The Morgan fingerprint density at radius 3 is 2.65 bits per heavy atom. The number of carbonyl (C=O) groups excluding carboxylic acids is 1. The number of para-hydroxylation sites is 1. The highest BCUT2D eigenvalue weighted by Gasteiger charge is 2.19. The molecule has 5 heteroatoms. The molecule has 0 saturated heterocycles. The first kappa shape index (κ1) is 14.7. The average Bonchev–Trinajstić information content (AvgIpc) is 2.45. The standard InChI is InChI=1S/C15H24N4O/c1-18(2)10-5-11-19(3)15(20)12-6-4-7-13-14(12)17-9-8-16-13/h4,6-7,16-17H,5,8-11H2,1-3H3. The summed E-state index contributed by atoms with van der Waals surface area (Å²) in [6.45, 7) is 3.50. The number of hydrogen-bond donors (Lipinski definition) is 2. The van der Waals surface area contributed by atoms with Gasteiger partial charge in [0.2, 0.25) is 0 Å². The van der Waals surface area contributed by atoms with Crippen molar-refractivity contribution in [2.45, 2.75) is 6.42 Å². The smallest absolute Gasteiger partial charge is 0.255 e. The van der Waals surface area contributed by atoms with E-state index in [4.69, 9.17) is 0 Å². The molecule has 2 rings (SSSR count). The molecule has 1 aliphatic heterocycles. The number of amides is 1. The summed E-state index contributed by atoms with van der Waals surface area (Å²) in [4.78, 5) is 16.5. The molecule has 1 heterocycles. The van der Waals surface area contributed by atoms with Gasteiger partial charge in [0.1, 0.15) is 0 Å². The lowest BCUT2D eigenvalue weighted by atomic mass is 10.1. The van der Waals surface area contributed by atoms with E-state index < -0.39 is 0 Å². The first-order valence-corrected chi connectivity index (χ1v) is 7.10. The Balaban J connectivity index is 2.05. The van der Waals surface area contributed by atoms with E-state index in [1.54, 1.807) is 4.90 Å². The maximum atomic E-state index is 12.5. The number of hydrogen-bond acceptors (Lipinski definition) is 4. The first-order chi connectivity index (χ1) is 9.59. The molecule has 20 heavy (non-hydrogen) atoms. The summed E-state index contributed by atoms with van der Waals surface area (Å²) in [7, 11) is 5.96. The van der Waals surface area contributed by atoms with Gasteiger partial charge in [-0.2, -0.15) is 0 Å². The molecule has 1 aromatic carbocycles. The number of rotatable bonds is 5. The summed E-state index contributed by atoms with van der Waals surface area (Å²) in [5, 5.41) is 6.64. The lowest BCUT2D eigenvalue weighted by molar-refractivity contribution is 0.0791. The van der Waals surface area contributed by atoms with Crippen molar-refractivity contribution in [3.05, 3.63) is 23.8 Å². The lowest BCUT2D eigenvalue weighted by Crippen LogP contribution is -2.31. The highest BCUT2D eigenvalue weighted by Crippen LogP contribution is 2.28. The van der Waals surface area contributed by atoms with Gasteiger partial charge in [0.25, 0.3) is 5.91 Å². The van der Waals surface area contributed by atoms with Crippen molar-refractivity contribution in [2.75, 3.05) is 58.0 Å². The quantitative estimate of drug-likeness (QED) is 0.856. The number of carbonyl (C=O) groups is 1. The number of benzene rings is 1. The third-order valence-electron chi connectivity index (χ3n) is 3.48. The molecular formula is C15H24N4O. The van der Waals surface area contributed by atoms with E-state index in [-0.39, 0.29) is 5.91 Å². The van der Waals surface area contributed by atoms with Gasteiger partial charge >= 0.3 is 0 Å². The molecule has 0 aliphatic carbocycles. The summed E-state index contributed by atoms with van der Waals surface area (Å²) >= 11 is 0. The fourth-order valence-electron chi connectivity index (χ4n) is 2.38. The Labute approximate surface area is 120 Å². The Morgan fingerprint density at radius 2 is 1.90 bits per heavy atom. The number of anilines is 2. The number of fused-ring (bicyclic) bond motifs is 1. The minimum atomic E-state index is 0.0804. The molecule has 0 spiro atoms. The molecule has 0 atom stereocenters. The van der Waals surface area contributed by atoms with Crippen LogP contribution >= 0.6 is 0 Å². The molecule has 0 aromatic heterocycles. The van der Waals surface area contributed by atoms with Gasteiger partial charge in [-0.3, -0.25) is 4.79 Å². The van der Waals surface area contributed by atoms with E-state index in [1.807, 2.05) is 39.3 Å². The monoisotopic (exact) mass is 276 g/mol. The van der Waals surface area contributed by atoms with Gasteiger partial charge < -0.3 is 20.4 Å². The van der Waals surface area contributed by atoms with Crippen LogP contribution in [-0.4, -0.2) is 63.0 Å². The van der Waals surface area contributed by atoms with Crippen molar-refractivity contribution >= 4 is 17.3 Å². The van der Waals surface area contributed by atoms with E-state index in [0.717, 1.165) is 49.5 Å². The number of nitrogens with zero attached hydrogens (tertiary/aromatic N) is 2. The van der Waals surface area contributed by atoms with E-state index in [9.17, 15) is 4.79 Å². The molecule has 110 valence electrons. The molecule has 0 unspecified atom stereocenters. The fourth-order valence-corrected chi connectivity index (χ4v) is 2.38. The van der Waals surface area contributed by atoms with Crippen LogP contribution < -0.4 is 10.6 Å². The van der Waals surface area contributed by atoms with Crippen LogP contribution in [0.15, 0.2) is 18.2 Å².